The predicted octanol–water partition coefficient (Wildman–Crippen LogP) is 2.04. The second-order valence-electron chi connectivity index (χ2n) is 3.71. The van der Waals surface area contributed by atoms with Gasteiger partial charge in [-0.15, -0.1) is 0 Å². The summed E-state index contributed by atoms with van der Waals surface area (Å²) in [7, 11) is 1.68. The van der Waals surface area contributed by atoms with Crippen LogP contribution in [0.25, 0.3) is 0 Å². The minimum absolute atomic E-state index is 0.558. The Morgan fingerprint density at radius 3 is 2.78 bits per heavy atom. The van der Waals surface area contributed by atoms with Crippen molar-refractivity contribution in [2.24, 2.45) is 4.99 Å². The second kappa shape index (κ2) is 8.78. The number of ether oxygens (including phenoxy) is 1. The van der Waals surface area contributed by atoms with Crippen LogP contribution in [0.1, 0.15) is 12.5 Å². The van der Waals surface area contributed by atoms with Crippen LogP contribution in [0.2, 0.25) is 5.02 Å². The van der Waals surface area contributed by atoms with Crippen molar-refractivity contribution in [3.05, 3.63) is 34.9 Å². The Morgan fingerprint density at radius 2 is 2.11 bits per heavy atom. The lowest BCUT2D eigenvalue weighted by Crippen LogP contribution is -2.38. The van der Waals surface area contributed by atoms with Crippen LogP contribution < -0.4 is 10.6 Å². The van der Waals surface area contributed by atoms with Crippen molar-refractivity contribution >= 4 is 17.6 Å². The molecule has 0 amide bonds. The molecule has 0 radical (unpaired) electrons. The van der Waals surface area contributed by atoms with E-state index in [2.05, 4.69) is 15.6 Å². The number of methoxy groups -OCH3 is 1. The molecule has 0 heterocycles. The largest absolute Gasteiger partial charge is 0.383 e. The molecular formula is C13H20ClN3O. The van der Waals surface area contributed by atoms with Crippen molar-refractivity contribution in [3.63, 3.8) is 0 Å². The number of benzene rings is 1. The van der Waals surface area contributed by atoms with E-state index in [0.29, 0.717) is 13.2 Å². The molecule has 1 rings (SSSR count). The molecule has 0 spiro atoms. The highest BCUT2D eigenvalue weighted by atomic mass is 35.5. The average Bonchev–Trinajstić information content (AvgIpc) is 2.38. The van der Waals surface area contributed by atoms with E-state index in [-0.39, 0.29) is 0 Å². The summed E-state index contributed by atoms with van der Waals surface area (Å²) < 4.78 is 4.99. The van der Waals surface area contributed by atoms with E-state index in [0.717, 1.165) is 29.6 Å². The molecule has 0 aromatic heterocycles. The minimum atomic E-state index is 0.558. The molecule has 0 saturated carbocycles. The van der Waals surface area contributed by atoms with Crippen LogP contribution in [0.5, 0.6) is 0 Å². The predicted molar refractivity (Wildman–Crippen MR) is 76.1 cm³/mol. The summed E-state index contributed by atoms with van der Waals surface area (Å²) in [6.07, 6.45) is 0. The fourth-order valence-electron chi connectivity index (χ4n) is 1.40. The van der Waals surface area contributed by atoms with Crippen LogP contribution >= 0.6 is 11.6 Å². The minimum Gasteiger partial charge on any atom is -0.383 e. The third-order valence-electron chi connectivity index (χ3n) is 2.31. The zero-order valence-corrected chi connectivity index (χ0v) is 11.6. The fourth-order valence-corrected chi connectivity index (χ4v) is 1.60. The molecule has 0 aliphatic carbocycles. The van der Waals surface area contributed by atoms with E-state index >= 15 is 0 Å². The molecular weight excluding hydrogens is 250 g/mol. The van der Waals surface area contributed by atoms with Crippen LogP contribution in [0.3, 0.4) is 0 Å². The van der Waals surface area contributed by atoms with E-state index < -0.39 is 0 Å². The van der Waals surface area contributed by atoms with Crippen LogP contribution in [0.15, 0.2) is 29.3 Å². The van der Waals surface area contributed by atoms with Gasteiger partial charge in [-0.2, -0.15) is 0 Å². The van der Waals surface area contributed by atoms with Crippen molar-refractivity contribution < 1.29 is 4.74 Å². The number of guanidine groups is 1. The number of rotatable bonds is 6. The first-order chi connectivity index (χ1) is 8.77. The number of hydrogen-bond donors (Lipinski definition) is 2. The fraction of sp³-hybridized carbons (Fsp3) is 0.462. The Bertz CT molecular complexity index is 382. The number of halogens is 1. The van der Waals surface area contributed by atoms with E-state index in [1.54, 1.807) is 7.11 Å². The molecule has 1 aromatic carbocycles. The van der Waals surface area contributed by atoms with Gasteiger partial charge in [-0.1, -0.05) is 29.8 Å². The summed E-state index contributed by atoms with van der Waals surface area (Å²) in [5.41, 5.74) is 1.02. The zero-order chi connectivity index (χ0) is 13.2. The molecule has 0 saturated heterocycles. The van der Waals surface area contributed by atoms with E-state index in [9.17, 15) is 0 Å². The van der Waals surface area contributed by atoms with E-state index in [1.165, 1.54) is 0 Å². The number of hydrogen-bond acceptors (Lipinski definition) is 2. The first kappa shape index (κ1) is 14.8. The molecule has 0 unspecified atom stereocenters. The van der Waals surface area contributed by atoms with Crippen molar-refractivity contribution in [2.45, 2.75) is 13.5 Å². The van der Waals surface area contributed by atoms with Gasteiger partial charge in [0.1, 0.15) is 0 Å². The Balaban J connectivity index is 2.56. The summed E-state index contributed by atoms with van der Waals surface area (Å²) >= 11 is 6.08. The maximum atomic E-state index is 6.08. The maximum absolute atomic E-state index is 6.08. The lowest BCUT2D eigenvalue weighted by Gasteiger charge is -2.11. The highest BCUT2D eigenvalue weighted by Gasteiger charge is 1.99. The van der Waals surface area contributed by atoms with Crippen LogP contribution in [-0.2, 0) is 11.3 Å². The van der Waals surface area contributed by atoms with Gasteiger partial charge in [0.25, 0.3) is 0 Å². The lowest BCUT2D eigenvalue weighted by atomic mass is 10.2. The summed E-state index contributed by atoms with van der Waals surface area (Å²) in [4.78, 5) is 4.47. The van der Waals surface area contributed by atoms with Gasteiger partial charge in [-0.3, -0.25) is 0 Å². The molecule has 0 atom stereocenters. The van der Waals surface area contributed by atoms with E-state index in [4.69, 9.17) is 16.3 Å². The van der Waals surface area contributed by atoms with Gasteiger partial charge in [0.05, 0.1) is 13.2 Å². The molecule has 0 aliphatic heterocycles. The van der Waals surface area contributed by atoms with Gasteiger partial charge in [-0.05, 0) is 18.6 Å². The Labute approximate surface area is 113 Å². The number of aliphatic imine (C=N–C) groups is 1. The Hall–Kier alpha value is -1.26. The van der Waals surface area contributed by atoms with Gasteiger partial charge < -0.3 is 15.4 Å². The molecule has 0 bridgehead atoms. The van der Waals surface area contributed by atoms with Crippen LogP contribution in [0.4, 0.5) is 0 Å². The molecule has 4 nitrogen and oxygen atoms in total. The van der Waals surface area contributed by atoms with Gasteiger partial charge in [0.2, 0.25) is 0 Å². The molecule has 18 heavy (non-hydrogen) atoms. The zero-order valence-electron chi connectivity index (χ0n) is 10.9. The summed E-state index contributed by atoms with van der Waals surface area (Å²) in [5.74, 6) is 0.773. The normalized spacial score (nSPS) is 11.4. The first-order valence-corrected chi connectivity index (χ1v) is 6.40. The molecule has 100 valence electrons. The Kier molecular flexibility index (Phi) is 7.22. The van der Waals surface area contributed by atoms with E-state index in [1.807, 2.05) is 31.2 Å². The van der Waals surface area contributed by atoms with Gasteiger partial charge in [0.15, 0.2) is 5.96 Å². The molecule has 2 N–H and O–H groups in total. The average molecular weight is 270 g/mol. The smallest absolute Gasteiger partial charge is 0.191 e. The summed E-state index contributed by atoms with van der Waals surface area (Å²) in [6.45, 7) is 4.79. The van der Waals surface area contributed by atoms with Gasteiger partial charge in [0, 0.05) is 25.2 Å². The molecule has 1 aromatic rings. The van der Waals surface area contributed by atoms with Crippen molar-refractivity contribution in [3.8, 4) is 0 Å². The first-order valence-electron chi connectivity index (χ1n) is 6.02. The third-order valence-corrected chi connectivity index (χ3v) is 2.68. The van der Waals surface area contributed by atoms with Crippen LogP contribution in [-0.4, -0.2) is 32.8 Å². The van der Waals surface area contributed by atoms with Gasteiger partial charge >= 0.3 is 0 Å². The highest BCUT2D eigenvalue weighted by molar-refractivity contribution is 6.31. The summed E-state index contributed by atoms with van der Waals surface area (Å²) in [6, 6.07) is 7.72. The number of nitrogens with one attached hydrogen (secondary N) is 2. The standard InChI is InChI=1S/C13H20ClN3O/c1-3-15-13(16-8-9-18-2)17-10-11-6-4-5-7-12(11)14/h4-7H,3,8-10H2,1-2H3,(H2,15,16,17). The monoisotopic (exact) mass is 269 g/mol. The lowest BCUT2D eigenvalue weighted by molar-refractivity contribution is 0.203. The maximum Gasteiger partial charge on any atom is 0.191 e. The van der Waals surface area contributed by atoms with Crippen molar-refractivity contribution in [1.82, 2.24) is 10.6 Å². The Morgan fingerprint density at radius 1 is 1.33 bits per heavy atom. The van der Waals surface area contributed by atoms with Gasteiger partial charge in [-0.25, -0.2) is 4.99 Å². The van der Waals surface area contributed by atoms with Crippen molar-refractivity contribution in [2.75, 3.05) is 26.8 Å². The van der Waals surface area contributed by atoms with Crippen LogP contribution in [0, 0.1) is 0 Å². The number of nitrogens with zero attached hydrogens (tertiary/aromatic N) is 1. The molecule has 5 heteroatoms. The summed E-state index contributed by atoms with van der Waals surface area (Å²) in [5, 5.41) is 7.10. The quantitative estimate of drug-likeness (QED) is 0.472. The molecule has 0 fully saturated rings. The third kappa shape index (κ3) is 5.38. The SMILES string of the molecule is CCNC(=NCc1ccccc1Cl)NCCOC. The second-order valence-corrected chi connectivity index (χ2v) is 4.11. The van der Waals surface area contributed by atoms with Crippen molar-refractivity contribution in [1.29, 1.82) is 0 Å². The topological polar surface area (TPSA) is 45.7 Å². The molecule has 0 aliphatic rings. The highest BCUT2D eigenvalue weighted by Crippen LogP contribution is 2.15.